The van der Waals surface area contributed by atoms with E-state index in [2.05, 4.69) is 10.3 Å². The molecule has 3 aromatic rings. The smallest absolute Gasteiger partial charge is 0.296 e. The van der Waals surface area contributed by atoms with Crippen LogP contribution in [0.15, 0.2) is 53.3 Å². The first-order valence-electron chi connectivity index (χ1n) is 11.5. The zero-order valence-electron chi connectivity index (χ0n) is 20.3. The fourth-order valence-corrected chi connectivity index (χ4v) is 3.92. The van der Waals surface area contributed by atoms with Crippen molar-refractivity contribution >= 4 is 17.5 Å². The topological polar surface area (TPSA) is 103 Å². The van der Waals surface area contributed by atoms with Gasteiger partial charge in [0.2, 0.25) is 11.7 Å². The molecule has 1 aromatic heterocycles. The molecule has 2 amide bonds. The Balaban J connectivity index is 1.65. The van der Waals surface area contributed by atoms with Crippen molar-refractivity contribution in [1.29, 1.82) is 0 Å². The summed E-state index contributed by atoms with van der Waals surface area (Å²) in [5.41, 5.74) is 1.04. The number of rotatable bonds is 7. The Morgan fingerprint density at radius 3 is 2.72 bits per heavy atom. The second-order valence-corrected chi connectivity index (χ2v) is 8.43. The molecule has 2 heterocycles. The van der Waals surface area contributed by atoms with Gasteiger partial charge in [-0.05, 0) is 30.2 Å². The Bertz CT molecular complexity index is 1340. The summed E-state index contributed by atoms with van der Waals surface area (Å²) in [4.78, 5) is 44.2. The van der Waals surface area contributed by atoms with Crippen LogP contribution in [0.4, 0.5) is 10.1 Å². The quantitative estimate of drug-likeness (QED) is 0.542. The summed E-state index contributed by atoms with van der Waals surface area (Å²) in [6.45, 7) is 3.80. The van der Waals surface area contributed by atoms with E-state index in [0.717, 1.165) is 5.56 Å². The lowest BCUT2D eigenvalue weighted by Gasteiger charge is -2.25. The molecule has 0 fully saturated rings. The minimum atomic E-state index is -0.642. The molecule has 0 aliphatic carbocycles. The molecule has 1 N–H and O–H groups in total. The zero-order valence-corrected chi connectivity index (χ0v) is 20.3. The Morgan fingerprint density at radius 1 is 1.25 bits per heavy atom. The molecular weight excluding hydrogens is 467 g/mol. The van der Waals surface area contributed by atoms with Crippen LogP contribution in [0.5, 0.6) is 5.75 Å². The third kappa shape index (κ3) is 5.28. The van der Waals surface area contributed by atoms with E-state index in [1.54, 1.807) is 6.92 Å². The van der Waals surface area contributed by atoms with Crippen molar-refractivity contribution in [2.45, 2.75) is 39.6 Å². The molecule has 1 unspecified atom stereocenters. The third-order valence-corrected chi connectivity index (χ3v) is 5.97. The molecule has 1 atom stereocenters. The molecule has 1 aliphatic rings. The van der Waals surface area contributed by atoms with Crippen LogP contribution in [0.1, 0.15) is 47.4 Å². The normalized spacial score (nSPS) is 14.6. The fraction of sp³-hybridized carbons (Fsp3) is 0.308. The van der Waals surface area contributed by atoms with Crippen LogP contribution in [0.2, 0.25) is 0 Å². The van der Waals surface area contributed by atoms with Gasteiger partial charge in [-0.3, -0.25) is 19.0 Å². The van der Waals surface area contributed by atoms with Crippen molar-refractivity contribution in [3.8, 4) is 5.75 Å². The number of carbonyl (C=O) groups is 2. The zero-order chi connectivity index (χ0) is 25.8. The highest BCUT2D eigenvalue weighted by atomic mass is 19.1. The fourth-order valence-electron chi connectivity index (χ4n) is 3.92. The number of fused-ring (bicyclic) bond motifs is 1. The number of nitrogens with zero attached hydrogens (tertiary/aromatic N) is 3. The van der Waals surface area contributed by atoms with Crippen molar-refractivity contribution in [3.63, 3.8) is 0 Å². The molecule has 36 heavy (non-hydrogen) atoms. The Kier molecular flexibility index (Phi) is 7.44. The molecule has 9 nitrogen and oxygen atoms in total. The van der Waals surface area contributed by atoms with E-state index in [-0.39, 0.29) is 30.5 Å². The maximum atomic E-state index is 13.9. The number of anilines is 1. The number of halogens is 1. The van der Waals surface area contributed by atoms with Gasteiger partial charge in [0.15, 0.2) is 5.69 Å². The number of benzene rings is 2. The molecule has 188 valence electrons. The number of amides is 2. The molecule has 0 saturated heterocycles. The van der Waals surface area contributed by atoms with Crippen LogP contribution in [-0.2, 0) is 29.2 Å². The lowest BCUT2D eigenvalue weighted by molar-refractivity contribution is -0.116. The summed E-state index contributed by atoms with van der Waals surface area (Å²) >= 11 is 0. The summed E-state index contributed by atoms with van der Waals surface area (Å²) in [6, 6.07) is 13.2. The Labute approximate surface area is 207 Å². The van der Waals surface area contributed by atoms with E-state index in [4.69, 9.17) is 9.47 Å². The Morgan fingerprint density at radius 2 is 2.00 bits per heavy atom. The molecule has 0 spiro atoms. The van der Waals surface area contributed by atoms with Crippen LogP contribution in [-0.4, -0.2) is 35.0 Å². The molecule has 10 heteroatoms. The largest absolute Gasteiger partial charge is 0.481 e. The van der Waals surface area contributed by atoms with Crippen LogP contribution in [0.3, 0.4) is 0 Å². The first-order valence-corrected chi connectivity index (χ1v) is 11.5. The first kappa shape index (κ1) is 25.1. The predicted molar refractivity (Wildman–Crippen MR) is 130 cm³/mol. The average Bonchev–Trinajstić information content (AvgIpc) is 2.87. The molecule has 0 bridgehead atoms. The number of carbonyl (C=O) groups excluding carboxylic acids is 2. The van der Waals surface area contributed by atoms with Gasteiger partial charge < -0.3 is 19.7 Å². The Hall–Kier alpha value is -4.05. The summed E-state index contributed by atoms with van der Waals surface area (Å²) < 4.78 is 26.8. The van der Waals surface area contributed by atoms with Crippen LogP contribution >= 0.6 is 0 Å². The van der Waals surface area contributed by atoms with Gasteiger partial charge in [-0.25, -0.2) is 9.37 Å². The van der Waals surface area contributed by atoms with Gasteiger partial charge >= 0.3 is 0 Å². The van der Waals surface area contributed by atoms with Gasteiger partial charge in [0.05, 0.1) is 18.8 Å². The lowest BCUT2D eigenvalue weighted by atomic mass is 10.1. The van der Waals surface area contributed by atoms with Gasteiger partial charge in [-0.2, -0.15) is 0 Å². The minimum absolute atomic E-state index is 0.0314. The van der Waals surface area contributed by atoms with E-state index in [0.29, 0.717) is 30.2 Å². The summed E-state index contributed by atoms with van der Waals surface area (Å²) in [6.07, 6.45) is -0.478. The maximum absolute atomic E-state index is 13.9. The number of nitrogens with one attached hydrogen (secondary N) is 1. The van der Waals surface area contributed by atoms with Crippen molar-refractivity contribution < 1.29 is 23.5 Å². The van der Waals surface area contributed by atoms with E-state index in [9.17, 15) is 18.8 Å². The highest BCUT2D eigenvalue weighted by molar-refractivity contribution is 5.95. The van der Waals surface area contributed by atoms with E-state index in [1.165, 1.54) is 41.6 Å². The highest BCUT2D eigenvalue weighted by Crippen LogP contribution is 2.24. The van der Waals surface area contributed by atoms with Crippen molar-refractivity contribution in [1.82, 2.24) is 14.9 Å². The molecule has 2 aromatic carbocycles. The first-order chi connectivity index (χ1) is 17.3. The van der Waals surface area contributed by atoms with Crippen molar-refractivity contribution in [2.24, 2.45) is 0 Å². The predicted octanol–water partition coefficient (Wildman–Crippen LogP) is 2.97. The highest BCUT2D eigenvalue weighted by Gasteiger charge is 2.28. The van der Waals surface area contributed by atoms with Crippen LogP contribution < -0.4 is 20.5 Å². The summed E-state index contributed by atoms with van der Waals surface area (Å²) in [5.74, 6) is -1.26. The number of hydrogen-bond acceptors (Lipinski definition) is 6. The second-order valence-electron chi connectivity index (χ2n) is 8.43. The maximum Gasteiger partial charge on any atom is 0.296 e. The van der Waals surface area contributed by atoms with E-state index >= 15 is 0 Å². The standard InChI is InChI=1S/C26H27FN4O5/c1-16-24-29-22(25(33)28-14-19-9-10-20(27)13-21(19)30(3)17(2)32)23(26(34)31(24)11-12-35-16)36-15-18-7-5-4-6-8-18/h4-10,13,16H,11-12,14-15H2,1-3H3,(H,28,33). The minimum Gasteiger partial charge on any atom is -0.481 e. The summed E-state index contributed by atoms with van der Waals surface area (Å²) in [5, 5.41) is 2.73. The lowest BCUT2D eigenvalue weighted by Crippen LogP contribution is -2.37. The number of ether oxygens (including phenoxy) is 2. The number of hydrogen-bond donors (Lipinski definition) is 1. The van der Waals surface area contributed by atoms with Gasteiger partial charge in [0.25, 0.3) is 11.5 Å². The van der Waals surface area contributed by atoms with Crippen LogP contribution in [0.25, 0.3) is 0 Å². The molecule has 0 radical (unpaired) electrons. The average molecular weight is 495 g/mol. The molecular formula is C26H27FN4O5. The third-order valence-electron chi connectivity index (χ3n) is 5.97. The summed E-state index contributed by atoms with van der Waals surface area (Å²) in [7, 11) is 1.52. The second kappa shape index (κ2) is 10.7. The van der Waals surface area contributed by atoms with Gasteiger partial charge in [0.1, 0.15) is 24.4 Å². The monoisotopic (exact) mass is 494 g/mol. The molecule has 0 saturated carbocycles. The van der Waals surface area contributed by atoms with E-state index in [1.807, 2.05) is 30.3 Å². The van der Waals surface area contributed by atoms with Gasteiger partial charge in [-0.1, -0.05) is 36.4 Å². The SMILES string of the molecule is CC(=O)N(C)c1cc(F)ccc1CNC(=O)c1nc2n(c(=O)c1OCc1ccccc1)CCOC2C. The number of aromatic nitrogens is 2. The van der Waals surface area contributed by atoms with Crippen LogP contribution in [0, 0.1) is 5.82 Å². The molecule has 4 rings (SSSR count). The van der Waals surface area contributed by atoms with Gasteiger partial charge in [-0.15, -0.1) is 0 Å². The van der Waals surface area contributed by atoms with Crippen molar-refractivity contribution in [2.75, 3.05) is 18.6 Å². The molecule has 1 aliphatic heterocycles. The van der Waals surface area contributed by atoms with Gasteiger partial charge in [0, 0.05) is 20.5 Å². The van der Waals surface area contributed by atoms with E-state index < -0.39 is 23.4 Å². The van der Waals surface area contributed by atoms with Crippen molar-refractivity contribution in [3.05, 3.63) is 87.3 Å².